The van der Waals surface area contributed by atoms with E-state index in [4.69, 9.17) is 9.72 Å². The van der Waals surface area contributed by atoms with E-state index in [2.05, 4.69) is 47.7 Å². The van der Waals surface area contributed by atoms with Gasteiger partial charge in [0.25, 0.3) is 0 Å². The molecular formula is C25H31N3O2. The molecule has 0 saturated carbocycles. The van der Waals surface area contributed by atoms with Crippen molar-refractivity contribution < 1.29 is 9.53 Å². The van der Waals surface area contributed by atoms with Gasteiger partial charge in [0.2, 0.25) is 5.91 Å². The van der Waals surface area contributed by atoms with Gasteiger partial charge in [-0.15, -0.1) is 0 Å². The molecule has 0 aliphatic heterocycles. The SMILES string of the molecule is C=C(C)C(=O)NCCCCCc1nc2ccccc2n1CCOc1ccccc1C. The van der Waals surface area contributed by atoms with Crippen LogP contribution in [-0.4, -0.2) is 28.6 Å². The van der Waals surface area contributed by atoms with Crippen LogP contribution in [0.15, 0.2) is 60.7 Å². The molecule has 3 aromatic rings. The maximum Gasteiger partial charge on any atom is 0.246 e. The van der Waals surface area contributed by atoms with Crippen LogP contribution in [0.4, 0.5) is 0 Å². The van der Waals surface area contributed by atoms with Gasteiger partial charge in [-0.05, 0) is 50.5 Å². The fourth-order valence-corrected chi connectivity index (χ4v) is 3.47. The van der Waals surface area contributed by atoms with Gasteiger partial charge < -0.3 is 14.6 Å². The number of rotatable bonds is 11. The number of para-hydroxylation sites is 3. The summed E-state index contributed by atoms with van der Waals surface area (Å²) in [5.41, 5.74) is 3.87. The van der Waals surface area contributed by atoms with E-state index in [1.54, 1.807) is 6.92 Å². The van der Waals surface area contributed by atoms with Crippen molar-refractivity contribution in [1.82, 2.24) is 14.9 Å². The lowest BCUT2D eigenvalue weighted by molar-refractivity contribution is -0.117. The Labute approximate surface area is 178 Å². The number of nitrogens with one attached hydrogen (secondary N) is 1. The monoisotopic (exact) mass is 405 g/mol. The molecule has 1 heterocycles. The number of hydrogen-bond acceptors (Lipinski definition) is 3. The third kappa shape index (κ3) is 5.72. The van der Waals surface area contributed by atoms with Gasteiger partial charge in [0, 0.05) is 18.5 Å². The lowest BCUT2D eigenvalue weighted by atomic mass is 10.2. The first kappa shape index (κ1) is 21.6. The number of carbonyl (C=O) groups excluding carboxylic acids is 1. The first-order valence-corrected chi connectivity index (χ1v) is 10.6. The standard InChI is InChI=1S/C25H31N3O2/c1-19(2)25(29)26-16-10-4-5-15-24-27-21-12-7-8-13-22(21)28(24)17-18-30-23-14-9-6-11-20(23)3/h6-9,11-14H,1,4-5,10,15-18H2,2-3H3,(H,26,29). The second-order valence-corrected chi connectivity index (χ2v) is 7.63. The maximum atomic E-state index is 11.5. The molecule has 0 fully saturated rings. The zero-order valence-corrected chi connectivity index (χ0v) is 18.0. The molecule has 30 heavy (non-hydrogen) atoms. The number of ether oxygens (including phenoxy) is 1. The lowest BCUT2D eigenvalue weighted by Gasteiger charge is -2.12. The van der Waals surface area contributed by atoms with Crippen LogP contribution < -0.4 is 10.1 Å². The zero-order valence-electron chi connectivity index (χ0n) is 18.0. The molecule has 0 atom stereocenters. The second-order valence-electron chi connectivity index (χ2n) is 7.63. The Bertz CT molecular complexity index is 1010. The second kappa shape index (κ2) is 10.6. The molecule has 0 aliphatic carbocycles. The molecule has 1 aromatic heterocycles. The van der Waals surface area contributed by atoms with E-state index < -0.39 is 0 Å². The molecule has 158 valence electrons. The summed E-state index contributed by atoms with van der Waals surface area (Å²) in [5, 5.41) is 2.89. The fraction of sp³-hybridized carbons (Fsp3) is 0.360. The Morgan fingerprint density at radius 3 is 2.67 bits per heavy atom. The van der Waals surface area contributed by atoms with Crippen LogP contribution in [0.1, 0.15) is 37.6 Å². The Balaban J connectivity index is 1.56. The van der Waals surface area contributed by atoms with Crippen molar-refractivity contribution in [3.05, 3.63) is 72.1 Å². The average Bonchev–Trinajstić information content (AvgIpc) is 3.09. The minimum Gasteiger partial charge on any atom is -0.491 e. The molecule has 0 saturated heterocycles. The van der Waals surface area contributed by atoms with E-state index in [0.29, 0.717) is 18.7 Å². The molecule has 0 radical (unpaired) electrons. The van der Waals surface area contributed by atoms with Gasteiger partial charge in [0.05, 0.1) is 17.6 Å². The topological polar surface area (TPSA) is 56.2 Å². The summed E-state index contributed by atoms with van der Waals surface area (Å²) in [7, 11) is 0. The largest absolute Gasteiger partial charge is 0.491 e. The number of unbranched alkanes of at least 4 members (excludes halogenated alkanes) is 2. The molecule has 5 heteroatoms. The van der Waals surface area contributed by atoms with Crippen molar-refractivity contribution in [1.29, 1.82) is 0 Å². The number of carbonyl (C=O) groups is 1. The summed E-state index contributed by atoms with van der Waals surface area (Å²) in [6, 6.07) is 16.3. The molecule has 0 bridgehead atoms. The van der Waals surface area contributed by atoms with Gasteiger partial charge in [0.15, 0.2) is 0 Å². The molecular weight excluding hydrogens is 374 g/mol. The molecule has 5 nitrogen and oxygen atoms in total. The number of aryl methyl sites for hydroxylation is 2. The summed E-state index contributed by atoms with van der Waals surface area (Å²) >= 11 is 0. The van der Waals surface area contributed by atoms with Crippen LogP contribution in [0.5, 0.6) is 5.75 Å². The summed E-state index contributed by atoms with van der Waals surface area (Å²) in [5.74, 6) is 1.96. The Hall–Kier alpha value is -3.08. The zero-order chi connectivity index (χ0) is 21.3. The Morgan fingerprint density at radius 1 is 1.10 bits per heavy atom. The Morgan fingerprint density at radius 2 is 1.87 bits per heavy atom. The summed E-state index contributed by atoms with van der Waals surface area (Å²) in [4.78, 5) is 16.4. The molecule has 0 unspecified atom stereocenters. The van der Waals surface area contributed by atoms with Crippen molar-refractivity contribution in [2.24, 2.45) is 0 Å². The summed E-state index contributed by atoms with van der Waals surface area (Å²) < 4.78 is 8.29. The number of benzene rings is 2. The molecule has 1 N–H and O–H groups in total. The summed E-state index contributed by atoms with van der Waals surface area (Å²) in [6.07, 6.45) is 3.94. The predicted octanol–water partition coefficient (Wildman–Crippen LogP) is 4.83. The predicted molar refractivity (Wildman–Crippen MR) is 122 cm³/mol. The first-order valence-electron chi connectivity index (χ1n) is 10.6. The maximum absolute atomic E-state index is 11.5. The number of nitrogens with zero attached hydrogens (tertiary/aromatic N) is 2. The van der Waals surface area contributed by atoms with Gasteiger partial charge in [-0.3, -0.25) is 4.79 Å². The normalized spacial score (nSPS) is 10.9. The molecule has 3 rings (SSSR count). The third-order valence-corrected chi connectivity index (χ3v) is 5.15. The van der Waals surface area contributed by atoms with Crippen molar-refractivity contribution in [3.63, 3.8) is 0 Å². The number of amides is 1. The van der Waals surface area contributed by atoms with Crippen LogP contribution in [0, 0.1) is 6.92 Å². The minimum atomic E-state index is -0.0644. The highest BCUT2D eigenvalue weighted by Gasteiger charge is 2.10. The van der Waals surface area contributed by atoms with Crippen molar-refractivity contribution in [2.45, 2.75) is 46.1 Å². The van der Waals surface area contributed by atoms with Crippen molar-refractivity contribution in [3.8, 4) is 5.75 Å². The number of hydrogen-bond donors (Lipinski definition) is 1. The third-order valence-electron chi connectivity index (χ3n) is 5.15. The molecule has 2 aromatic carbocycles. The van der Waals surface area contributed by atoms with E-state index in [-0.39, 0.29) is 5.91 Å². The average molecular weight is 406 g/mol. The van der Waals surface area contributed by atoms with E-state index >= 15 is 0 Å². The number of imidazole rings is 1. The summed E-state index contributed by atoms with van der Waals surface area (Å²) in [6.45, 7) is 9.49. The van der Waals surface area contributed by atoms with Crippen LogP contribution in [0.2, 0.25) is 0 Å². The smallest absolute Gasteiger partial charge is 0.246 e. The quantitative estimate of drug-likeness (QED) is 0.367. The number of aromatic nitrogens is 2. The van der Waals surface area contributed by atoms with Crippen molar-refractivity contribution in [2.75, 3.05) is 13.2 Å². The molecule has 1 amide bonds. The van der Waals surface area contributed by atoms with E-state index in [1.807, 2.05) is 24.3 Å². The molecule has 0 aliphatic rings. The highest BCUT2D eigenvalue weighted by molar-refractivity contribution is 5.92. The van der Waals surface area contributed by atoms with Crippen LogP contribution in [0.25, 0.3) is 11.0 Å². The van der Waals surface area contributed by atoms with Gasteiger partial charge in [-0.25, -0.2) is 4.98 Å². The van der Waals surface area contributed by atoms with E-state index in [9.17, 15) is 4.79 Å². The van der Waals surface area contributed by atoms with Crippen LogP contribution >= 0.6 is 0 Å². The van der Waals surface area contributed by atoms with E-state index in [0.717, 1.165) is 60.4 Å². The van der Waals surface area contributed by atoms with Gasteiger partial charge in [0.1, 0.15) is 18.2 Å². The fourth-order valence-electron chi connectivity index (χ4n) is 3.47. The van der Waals surface area contributed by atoms with Crippen LogP contribution in [-0.2, 0) is 17.8 Å². The number of fused-ring (bicyclic) bond motifs is 1. The highest BCUT2D eigenvalue weighted by atomic mass is 16.5. The lowest BCUT2D eigenvalue weighted by Crippen LogP contribution is -2.24. The van der Waals surface area contributed by atoms with Gasteiger partial charge in [-0.1, -0.05) is 43.3 Å². The van der Waals surface area contributed by atoms with Crippen molar-refractivity contribution >= 4 is 16.9 Å². The first-order chi connectivity index (χ1) is 14.6. The van der Waals surface area contributed by atoms with Gasteiger partial charge >= 0.3 is 0 Å². The molecule has 0 spiro atoms. The Kier molecular flexibility index (Phi) is 7.66. The highest BCUT2D eigenvalue weighted by Crippen LogP contribution is 2.19. The van der Waals surface area contributed by atoms with Crippen LogP contribution in [0.3, 0.4) is 0 Å². The van der Waals surface area contributed by atoms with Gasteiger partial charge in [-0.2, -0.15) is 0 Å². The van der Waals surface area contributed by atoms with E-state index in [1.165, 1.54) is 0 Å². The minimum absolute atomic E-state index is 0.0644.